The normalized spacial score (nSPS) is 12.7. The van der Waals surface area contributed by atoms with Crippen molar-refractivity contribution in [3.8, 4) is 0 Å². The summed E-state index contributed by atoms with van der Waals surface area (Å²) < 4.78 is 63.4. The SMILES string of the molecule is Cc1ccc(F)cc1S(=O)(=O)NCC(F)(F)CO. The average Bonchev–Trinajstić information content (AvgIpc) is 2.30. The van der Waals surface area contributed by atoms with Crippen LogP contribution in [0.4, 0.5) is 13.2 Å². The second-order valence-electron chi connectivity index (χ2n) is 3.75. The Balaban J connectivity index is 2.97. The van der Waals surface area contributed by atoms with E-state index in [2.05, 4.69) is 0 Å². The molecule has 0 fully saturated rings. The number of benzene rings is 1. The highest BCUT2D eigenvalue weighted by Gasteiger charge is 2.30. The van der Waals surface area contributed by atoms with Crippen LogP contribution in [0.1, 0.15) is 5.56 Å². The number of nitrogens with one attached hydrogen (secondary N) is 1. The van der Waals surface area contributed by atoms with Gasteiger partial charge in [-0.3, -0.25) is 0 Å². The van der Waals surface area contributed by atoms with Crippen molar-refractivity contribution in [1.29, 1.82) is 0 Å². The fourth-order valence-electron chi connectivity index (χ4n) is 1.20. The molecule has 8 heteroatoms. The molecule has 1 rings (SSSR count). The standard InChI is InChI=1S/C10H12F3NO3S/c1-7-2-3-8(11)4-9(7)18(16,17)14-5-10(12,13)6-15/h2-4,14-15H,5-6H2,1H3. The van der Waals surface area contributed by atoms with Gasteiger partial charge in [0.05, 0.1) is 11.4 Å². The monoisotopic (exact) mass is 283 g/mol. The van der Waals surface area contributed by atoms with Crippen molar-refractivity contribution in [2.24, 2.45) is 0 Å². The summed E-state index contributed by atoms with van der Waals surface area (Å²) in [5, 5.41) is 8.32. The van der Waals surface area contributed by atoms with Crippen LogP contribution in [0.2, 0.25) is 0 Å². The van der Waals surface area contributed by atoms with Gasteiger partial charge in [0.15, 0.2) is 0 Å². The number of alkyl halides is 2. The second kappa shape index (κ2) is 5.25. The molecule has 4 nitrogen and oxygen atoms in total. The first-order valence-electron chi connectivity index (χ1n) is 4.92. The summed E-state index contributed by atoms with van der Waals surface area (Å²) in [6.07, 6.45) is 0. The Morgan fingerprint density at radius 1 is 1.39 bits per heavy atom. The molecule has 0 unspecified atom stereocenters. The number of halogens is 3. The minimum Gasteiger partial charge on any atom is -0.390 e. The summed E-state index contributed by atoms with van der Waals surface area (Å²) in [7, 11) is -4.24. The number of sulfonamides is 1. The molecule has 1 aromatic carbocycles. The van der Waals surface area contributed by atoms with Gasteiger partial charge >= 0.3 is 0 Å². The van der Waals surface area contributed by atoms with Gasteiger partial charge in [0, 0.05) is 0 Å². The van der Waals surface area contributed by atoms with E-state index < -0.39 is 39.8 Å². The molecule has 0 aromatic heterocycles. The fourth-order valence-corrected chi connectivity index (χ4v) is 2.51. The lowest BCUT2D eigenvalue weighted by molar-refractivity contribution is -0.0437. The molecule has 0 aliphatic rings. The molecule has 0 bridgehead atoms. The van der Waals surface area contributed by atoms with E-state index in [1.807, 2.05) is 0 Å². The Morgan fingerprint density at radius 2 is 2.00 bits per heavy atom. The van der Waals surface area contributed by atoms with E-state index in [-0.39, 0.29) is 5.56 Å². The molecule has 0 aliphatic heterocycles. The number of hydrogen-bond donors (Lipinski definition) is 2. The predicted octanol–water partition coefficient (Wildman–Crippen LogP) is 1.04. The first-order chi connectivity index (χ1) is 8.18. The van der Waals surface area contributed by atoms with E-state index in [4.69, 9.17) is 5.11 Å². The van der Waals surface area contributed by atoms with Gasteiger partial charge in [-0.15, -0.1) is 0 Å². The lowest BCUT2D eigenvalue weighted by Gasteiger charge is -2.15. The van der Waals surface area contributed by atoms with E-state index >= 15 is 0 Å². The maximum Gasteiger partial charge on any atom is 0.283 e. The van der Waals surface area contributed by atoms with Crippen molar-refractivity contribution >= 4 is 10.0 Å². The van der Waals surface area contributed by atoms with Crippen molar-refractivity contribution in [3.05, 3.63) is 29.6 Å². The Labute approximate surface area is 102 Å². The molecule has 0 spiro atoms. The Morgan fingerprint density at radius 3 is 2.56 bits per heavy atom. The zero-order chi connectivity index (χ0) is 14.0. The van der Waals surface area contributed by atoms with Crippen LogP contribution in [0.5, 0.6) is 0 Å². The van der Waals surface area contributed by atoms with Crippen LogP contribution in [-0.4, -0.2) is 32.6 Å². The molecule has 0 atom stereocenters. The topological polar surface area (TPSA) is 66.4 Å². The number of aliphatic hydroxyl groups is 1. The molecule has 102 valence electrons. The summed E-state index contributed by atoms with van der Waals surface area (Å²) >= 11 is 0. The van der Waals surface area contributed by atoms with Crippen LogP contribution in [0.3, 0.4) is 0 Å². The fraction of sp³-hybridized carbons (Fsp3) is 0.400. The quantitative estimate of drug-likeness (QED) is 0.848. The van der Waals surface area contributed by atoms with E-state index in [1.165, 1.54) is 13.0 Å². The van der Waals surface area contributed by atoms with Crippen LogP contribution < -0.4 is 4.72 Å². The Hall–Kier alpha value is -1.12. The molecule has 0 heterocycles. The zero-order valence-corrected chi connectivity index (χ0v) is 10.3. The molecule has 18 heavy (non-hydrogen) atoms. The largest absolute Gasteiger partial charge is 0.390 e. The first-order valence-corrected chi connectivity index (χ1v) is 6.41. The molecule has 2 N–H and O–H groups in total. The third-order valence-corrected chi connectivity index (χ3v) is 3.74. The van der Waals surface area contributed by atoms with Crippen LogP contribution in [-0.2, 0) is 10.0 Å². The highest BCUT2D eigenvalue weighted by Crippen LogP contribution is 2.17. The predicted molar refractivity (Wildman–Crippen MR) is 58.4 cm³/mol. The Bertz CT molecular complexity index is 531. The van der Waals surface area contributed by atoms with E-state index in [0.29, 0.717) is 0 Å². The molecule has 0 saturated carbocycles. The molecule has 0 aliphatic carbocycles. The van der Waals surface area contributed by atoms with Gasteiger partial charge in [-0.1, -0.05) is 6.07 Å². The molecule has 0 saturated heterocycles. The molecular weight excluding hydrogens is 271 g/mol. The smallest absolute Gasteiger partial charge is 0.283 e. The Kier molecular flexibility index (Phi) is 4.36. The van der Waals surface area contributed by atoms with Gasteiger partial charge in [0.1, 0.15) is 12.4 Å². The van der Waals surface area contributed by atoms with Gasteiger partial charge in [-0.2, -0.15) is 0 Å². The van der Waals surface area contributed by atoms with Crippen LogP contribution in [0, 0.1) is 12.7 Å². The third kappa shape index (κ3) is 3.69. The van der Waals surface area contributed by atoms with Crippen molar-refractivity contribution in [3.63, 3.8) is 0 Å². The van der Waals surface area contributed by atoms with Gasteiger partial charge in [-0.25, -0.2) is 26.3 Å². The number of hydrogen-bond acceptors (Lipinski definition) is 3. The molecular formula is C10H12F3NO3S. The van der Waals surface area contributed by atoms with Crippen LogP contribution >= 0.6 is 0 Å². The minimum atomic E-state index is -4.24. The zero-order valence-electron chi connectivity index (χ0n) is 9.45. The lowest BCUT2D eigenvalue weighted by atomic mass is 10.2. The van der Waals surface area contributed by atoms with Gasteiger partial charge in [-0.05, 0) is 24.6 Å². The summed E-state index contributed by atoms with van der Waals surface area (Å²) in [6.45, 7) is -1.31. The molecule has 0 amide bonds. The highest BCUT2D eigenvalue weighted by atomic mass is 32.2. The average molecular weight is 283 g/mol. The van der Waals surface area contributed by atoms with Crippen molar-refractivity contribution < 1.29 is 26.7 Å². The minimum absolute atomic E-state index is 0.233. The maximum atomic E-state index is 12.9. The lowest BCUT2D eigenvalue weighted by Crippen LogP contribution is -2.39. The highest BCUT2D eigenvalue weighted by molar-refractivity contribution is 7.89. The van der Waals surface area contributed by atoms with Gasteiger partial charge in [0.2, 0.25) is 10.0 Å². The number of aliphatic hydroxyl groups excluding tert-OH is 1. The van der Waals surface area contributed by atoms with Crippen molar-refractivity contribution in [1.82, 2.24) is 4.72 Å². The van der Waals surface area contributed by atoms with Crippen LogP contribution in [0.25, 0.3) is 0 Å². The summed E-state index contributed by atoms with van der Waals surface area (Å²) in [5.41, 5.74) is 0.233. The molecule has 1 aromatic rings. The van der Waals surface area contributed by atoms with E-state index in [1.54, 1.807) is 4.72 Å². The second-order valence-corrected chi connectivity index (χ2v) is 5.48. The summed E-state index contributed by atoms with van der Waals surface area (Å²) in [4.78, 5) is -0.406. The van der Waals surface area contributed by atoms with Crippen molar-refractivity contribution in [2.75, 3.05) is 13.2 Å². The summed E-state index contributed by atoms with van der Waals surface area (Å²) in [6, 6.07) is 3.04. The maximum absolute atomic E-state index is 12.9. The van der Waals surface area contributed by atoms with Crippen molar-refractivity contribution in [2.45, 2.75) is 17.7 Å². The van der Waals surface area contributed by atoms with Gasteiger partial charge in [0.25, 0.3) is 5.92 Å². The van der Waals surface area contributed by atoms with Gasteiger partial charge < -0.3 is 5.11 Å². The van der Waals surface area contributed by atoms with Crippen LogP contribution in [0.15, 0.2) is 23.1 Å². The summed E-state index contributed by atoms with van der Waals surface area (Å²) in [5.74, 6) is -4.34. The van der Waals surface area contributed by atoms with E-state index in [9.17, 15) is 21.6 Å². The number of rotatable bonds is 5. The first kappa shape index (κ1) is 14.9. The number of aryl methyl sites for hydroxylation is 1. The third-order valence-electron chi connectivity index (χ3n) is 2.19. The molecule has 0 radical (unpaired) electrons. The van der Waals surface area contributed by atoms with E-state index in [0.717, 1.165) is 12.1 Å².